The minimum Gasteiger partial charge on any atom is -0.470 e. The molecule has 0 saturated carbocycles. The van der Waals surface area contributed by atoms with Gasteiger partial charge < -0.3 is 4.74 Å². The molecule has 0 fully saturated rings. The van der Waals surface area contributed by atoms with Crippen LogP contribution in [0.25, 0.3) is 0 Å². The zero-order chi connectivity index (χ0) is 15.2. The van der Waals surface area contributed by atoms with Crippen LogP contribution in [0.3, 0.4) is 0 Å². The van der Waals surface area contributed by atoms with Crippen LogP contribution in [0.5, 0.6) is 5.19 Å². The Kier molecular flexibility index (Phi) is 5.34. The van der Waals surface area contributed by atoms with Crippen LogP contribution < -0.4 is 4.74 Å². The molecule has 0 unspecified atom stereocenters. The van der Waals surface area contributed by atoms with Crippen LogP contribution >= 0.6 is 11.3 Å². The number of nitrogens with zero attached hydrogens (tertiary/aromatic N) is 3. The summed E-state index contributed by atoms with van der Waals surface area (Å²) in [6.45, 7) is 2.20. The first-order valence-electron chi connectivity index (χ1n) is 5.81. The van der Waals surface area contributed by atoms with Gasteiger partial charge >= 0.3 is 6.18 Å². The molecule has 0 N–H and O–H groups in total. The molecule has 8 heteroatoms. The predicted molar refractivity (Wildman–Crippen MR) is 65.9 cm³/mol. The molecule has 0 aliphatic heterocycles. The lowest BCUT2D eigenvalue weighted by Crippen LogP contribution is -2.22. The summed E-state index contributed by atoms with van der Waals surface area (Å²) in [5.74, 6) is 0. The summed E-state index contributed by atoms with van der Waals surface area (Å²) in [6.07, 6.45) is -4.76. The highest BCUT2D eigenvalue weighted by molar-refractivity contribution is 7.13. The molecule has 0 atom stereocenters. The first-order chi connectivity index (χ1) is 9.34. The zero-order valence-corrected chi connectivity index (χ0v) is 11.5. The van der Waals surface area contributed by atoms with Crippen molar-refractivity contribution < 1.29 is 17.9 Å². The molecule has 0 saturated heterocycles. The van der Waals surface area contributed by atoms with Crippen LogP contribution in [0.4, 0.5) is 13.2 Å². The van der Waals surface area contributed by atoms with Crippen LogP contribution in [0.2, 0.25) is 0 Å². The molecule has 1 aromatic heterocycles. The van der Waals surface area contributed by atoms with E-state index in [1.807, 2.05) is 0 Å². The van der Waals surface area contributed by atoms with Crippen LogP contribution in [-0.2, 0) is 6.42 Å². The van der Waals surface area contributed by atoms with Gasteiger partial charge in [-0.1, -0.05) is 11.3 Å². The molecule has 1 heterocycles. The Bertz CT molecular complexity index is 513. The summed E-state index contributed by atoms with van der Waals surface area (Å²) >= 11 is 1.13. The topological polar surface area (TPSA) is 69.7 Å². The van der Waals surface area contributed by atoms with E-state index in [9.17, 15) is 13.2 Å². The van der Waals surface area contributed by atoms with Gasteiger partial charge in [-0.15, -0.1) is 0 Å². The van der Waals surface area contributed by atoms with Crippen LogP contribution in [0.1, 0.15) is 24.6 Å². The number of halogens is 3. The molecule has 0 bridgehead atoms. The molecule has 4 nitrogen and oxygen atoms in total. The maximum atomic E-state index is 12.3. The summed E-state index contributed by atoms with van der Waals surface area (Å²) in [5.41, 5.74) is -1.69. The summed E-state index contributed by atoms with van der Waals surface area (Å²) in [4.78, 5) is 4.48. The van der Waals surface area contributed by atoms with Gasteiger partial charge in [-0.25, -0.2) is 4.98 Å². The molecular formula is C12H12F3N3OS. The number of rotatable bonds is 6. The van der Waals surface area contributed by atoms with Gasteiger partial charge in [0.1, 0.15) is 5.41 Å². The lowest BCUT2D eigenvalue weighted by Gasteiger charge is -2.18. The fraction of sp³-hybridized carbons (Fsp3) is 0.583. The summed E-state index contributed by atoms with van der Waals surface area (Å²) < 4.78 is 41.9. The van der Waals surface area contributed by atoms with Crippen molar-refractivity contribution in [3.63, 3.8) is 0 Å². The highest BCUT2D eigenvalue weighted by Crippen LogP contribution is 2.35. The smallest absolute Gasteiger partial charge is 0.389 e. The van der Waals surface area contributed by atoms with E-state index in [1.165, 1.54) is 6.20 Å². The molecular weight excluding hydrogens is 291 g/mol. The maximum Gasteiger partial charge on any atom is 0.389 e. The van der Waals surface area contributed by atoms with Crippen molar-refractivity contribution in [2.24, 2.45) is 5.41 Å². The third kappa shape index (κ3) is 4.71. The van der Waals surface area contributed by atoms with E-state index in [2.05, 4.69) is 4.98 Å². The number of hydrogen-bond donors (Lipinski definition) is 0. The van der Waals surface area contributed by atoms with Gasteiger partial charge in [0.15, 0.2) is 0 Å². The number of ether oxygens (including phenoxy) is 1. The molecule has 1 rings (SSSR count). The lowest BCUT2D eigenvalue weighted by molar-refractivity contribution is -0.138. The van der Waals surface area contributed by atoms with Crippen molar-refractivity contribution in [1.82, 2.24) is 4.98 Å². The Morgan fingerprint density at radius 2 is 1.95 bits per heavy atom. The molecule has 0 radical (unpaired) electrons. The van der Waals surface area contributed by atoms with E-state index in [1.54, 1.807) is 19.1 Å². The van der Waals surface area contributed by atoms with Crippen LogP contribution in [0.15, 0.2) is 6.20 Å². The third-order valence-electron chi connectivity index (χ3n) is 2.54. The first kappa shape index (κ1) is 16.3. The van der Waals surface area contributed by atoms with Gasteiger partial charge in [0, 0.05) is 23.9 Å². The van der Waals surface area contributed by atoms with Crippen LogP contribution in [-0.4, -0.2) is 17.8 Å². The van der Waals surface area contributed by atoms with Gasteiger partial charge in [-0.2, -0.15) is 23.7 Å². The summed E-state index contributed by atoms with van der Waals surface area (Å²) in [5, 5.41) is 18.5. The van der Waals surface area contributed by atoms with Gasteiger partial charge in [0.25, 0.3) is 5.19 Å². The van der Waals surface area contributed by atoms with E-state index >= 15 is 0 Å². The number of hydrogen-bond acceptors (Lipinski definition) is 5. The Morgan fingerprint density at radius 3 is 2.45 bits per heavy atom. The van der Waals surface area contributed by atoms with Crippen molar-refractivity contribution in [2.75, 3.05) is 6.61 Å². The fourth-order valence-electron chi connectivity index (χ4n) is 1.52. The second-order valence-corrected chi connectivity index (χ2v) is 5.20. The minimum atomic E-state index is -4.39. The SMILES string of the molecule is CCOc1ncc(CC(C#N)(C#N)CCC(F)(F)F)s1. The molecule has 108 valence electrons. The van der Waals surface area contributed by atoms with Gasteiger partial charge in [0.2, 0.25) is 0 Å². The Labute approximate surface area is 118 Å². The number of nitriles is 2. The molecule has 0 aliphatic carbocycles. The lowest BCUT2D eigenvalue weighted by atomic mass is 9.82. The minimum absolute atomic E-state index is 0.0825. The van der Waals surface area contributed by atoms with E-state index < -0.39 is 24.4 Å². The van der Waals surface area contributed by atoms with E-state index in [0.29, 0.717) is 16.7 Å². The standard InChI is InChI=1S/C12H12F3N3OS/c1-2-19-10-18-6-9(20-10)5-11(7-16,8-17)3-4-12(13,14)15/h6H,2-5H2,1H3. The second kappa shape index (κ2) is 6.58. The fourth-order valence-corrected chi connectivity index (χ4v) is 2.45. The largest absolute Gasteiger partial charge is 0.470 e. The quantitative estimate of drug-likeness (QED) is 0.807. The second-order valence-electron chi connectivity index (χ2n) is 4.12. The van der Waals surface area contributed by atoms with E-state index in [-0.39, 0.29) is 6.42 Å². The molecule has 0 aromatic carbocycles. The van der Waals surface area contributed by atoms with Crippen molar-refractivity contribution in [3.8, 4) is 17.3 Å². The highest BCUT2D eigenvalue weighted by atomic mass is 32.1. The molecule has 1 aromatic rings. The highest BCUT2D eigenvalue weighted by Gasteiger charge is 2.37. The molecule has 0 spiro atoms. The Balaban J connectivity index is 2.81. The molecule has 0 amide bonds. The van der Waals surface area contributed by atoms with Gasteiger partial charge in [-0.3, -0.25) is 0 Å². The average molecular weight is 303 g/mol. The van der Waals surface area contributed by atoms with E-state index in [0.717, 1.165) is 11.3 Å². The zero-order valence-electron chi connectivity index (χ0n) is 10.7. The summed E-state index contributed by atoms with van der Waals surface area (Å²) in [6, 6.07) is 3.41. The van der Waals surface area contributed by atoms with Crippen LogP contribution in [0, 0.1) is 28.1 Å². The normalized spacial score (nSPS) is 11.7. The molecule has 0 aliphatic rings. The Hall–Kier alpha value is -1.80. The van der Waals surface area contributed by atoms with Crippen molar-refractivity contribution in [1.29, 1.82) is 10.5 Å². The predicted octanol–water partition coefficient (Wildman–Crippen LogP) is 3.46. The monoisotopic (exact) mass is 303 g/mol. The van der Waals surface area contributed by atoms with Crippen molar-refractivity contribution in [3.05, 3.63) is 11.1 Å². The maximum absolute atomic E-state index is 12.3. The van der Waals surface area contributed by atoms with Crippen molar-refractivity contribution in [2.45, 2.75) is 32.4 Å². The summed E-state index contributed by atoms with van der Waals surface area (Å²) in [7, 11) is 0. The van der Waals surface area contributed by atoms with Gasteiger partial charge in [-0.05, 0) is 13.3 Å². The van der Waals surface area contributed by atoms with E-state index in [4.69, 9.17) is 15.3 Å². The first-order valence-corrected chi connectivity index (χ1v) is 6.62. The molecule has 20 heavy (non-hydrogen) atoms. The number of aromatic nitrogens is 1. The average Bonchev–Trinajstić information content (AvgIpc) is 2.81. The van der Waals surface area contributed by atoms with Gasteiger partial charge in [0.05, 0.1) is 18.7 Å². The number of alkyl halides is 3. The number of thiazole rings is 1. The third-order valence-corrected chi connectivity index (χ3v) is 3.45. The van der Waals surface area contributed by atoms with Crippen molar-refractivity contribution >= 4 is 11.3 Å². The Morgan fingerprint density at radius 1 is 1.30 bits per heavy atom.